The number of nitrogens with one attached hydrogen (secondary N) is 1. The van der Waals surface area contributed by atoms with Crippen molar-refractivity contribution in [3.8, 4) is 0 Å². The molecule has 1 fully saturated rings. The van der Waals surface area contributed by atoms with Crippen LogP contribution in [0.1, 0.15) is 0 Å². The highest BCUT2D eigenvalue weighted by atomic mass is 35.5. The molecule has 2 heterocycles. The van der Waals surface area contributed by atoms with E-state index in [0.717, 1.165) is 43.4 Å². The van der Waals surface area contributed by atoms with Crippen molar-refractivity contribution in [3.63, 3.8) is 0 Å². The van der Waals surface area contributed by atoms with Gasteiger partial charge in [-0.2, -0.15) is 5.10 Å². The zero-order valence-electron chi connectivity index (χ0n) is 14.1. The Morgan fingerprint density at radius 3 is 2.68 bits per heavy atom. The highest BCUT2D eigenvalue weighted by Gasteiger charge is 2.17. The van der Waals surface area contributed by atoms with Gasteiger partial charge >= 0.3 is 0 Å². The second kappa shape index (κ2) is 8.08. The third kappa shape index (κ3) is 4.45. The van der Waals surface area contributed by atoms with Crippen molar-refractivity contribution in [2.45, 2.75) is 0 Å². The van der Waals surface area contributed by atoms with E-state index in [9.17, 15) is 4.79 Å². The molecule has 0 unspecified atom stereocenters. The van der Waals surface area contributed by atoms with Crippen LogP contribution in [0.2, 0.25) is 10.0 Å². The van der Waals surface area contributed by atoms with Gasteiger partial charge in [-0.05, 0) is 18.2 Å². The van der Waals surface area contributed by atoms with Crippen LogP contribution < -0.4 is 15.8 Å². The summed E-state index contributed by atoms with van der Waals surface area (Å²) in [4.78, 5) is 16.7. The van der Waals surface area contributed by atoms with Gasteiger partial charge in [0.15, 0.2) is 0 Å². The molecule has 0 spiro atoms. The third-order valence-corrected chi connectivity index (χ3v) is 4.89. The second-order valence-corrected chi connectivity index (χ2v) is 6.88. The maximum atomic E-state index is 12.0. The zero-order valence-corrected chi connectivity index (χ0v) is 15.6. The third-order valence-electron chi connectivity index (χ3n) is 4.37. The molecule has 0 radical (unpaired) electrons. The summed E-state index contributed by atoms with van der Waals surface area (Å²) in [5, 5.41) is 8.15. The monoisotopic (exact) mass is 381 g/mol. The zero-order chi connectivity index (χ0) is 17.8. The smallest absolute Gasteiger partial charge is 0.291 e. The van der Waals surface area contributed by atoms with Gasteiger partial charge in [-0.15, -0.1) is 0 Å². The summed E-state index contributed by atoms with van der Waals surface area (Å²) >= 11 is 12.1. The van der Waals surface area contributed by atoms with E-state index in [4.69, 9.17) is 23.2 Å². The van der Waals surface area contributed by atoms with Gasteiger partial charge in [0.2, 0.25) is 0 Å². The largest absolute Gasteiger partial charge is 0.378 e. The molecule has 1 aromatic carbocycles. The topological polar surface area (TPSA) is 53.4 Å². The summed E-state index contributed by atoms with van der Waals surface area (Å²) in [6.45, 7) is 5.37. The van der Waals surface area contributed by atoms with E-state index in [-0.39, 0.29) is 5.56 Å². The van der Waals surface area contributed by atoms with Crippen LogP contribution in [0, 0.1) is 0 Å². The van der Waals surface area contributed by atoms with Gasteiger partial charge in [-0.3, -0.25) is 9.69 Å². The molecule has 2 aromatic rings. The molecule has 0 aliphatic carbocycles. The Bertz CT molecular complexity index is 787. The predicted octanol–water partition coefficient (Wildman–Crippen LogP) is 2.32. The average molecular weight is 382 g/mol. The first-order chi connectivity index (χ1) is 12.0. The Balaban J connectivity index is 1.49. The number of aromatic nitrogens is 2. The van der Waals surface area contributed by atoms with Crippen molar-refractivity contribution in [3.05, 3.63) is 50.9 Å². The minimum absolute atomic E-state index is 0.210. The molecule has 6 nitrogen and oxygen atoms in total. The van der Waals surface area contributed by atoms with Crippen molar-refractivity contribution in [1.29, 1.82) is 0 Å². The van der Waals surface area contributed by atoms with Gasteiger partial charge in [0.05, 0.1) is 11.2 Å². The normalized spacial score (nSPS) is 15.4. The molecule has 1 saturated heterocycles. The fraction of sp³-hybridized carbons (Fsp3) is 0.412. The van der Waals surface area contributed by atoms with Crippen LogP contribution in [-0.4, -0.2) is 53.9 Å². The number of benzene rings is 1. The first kappa shape index (κ1) is 18.0. The van der Waals surface area contributed by atoms with E-state index in [2.05, 4.69) is 26.3 Å². The SMILES string of the molecule is Cn1ncc(Cl)c(NCCN2CCN(c3cccc(Cl)c3)CC2)c1=O. The molecule has 134 valence electrons. The van der Waals surface area contributed by atoms with Crippen LogP contribution in [0.25, 0.3) is 0 Å². The van der Waals surface area contributed by atoms with E-state index in [0.29, 0.717) is 17.3 Å². The number of piperazine rings is 1. The summed E-state index contributed by atoms with van der Waals surface area (Å²) in [5.74, 6) is 0. The quantitative estimate of drug-likeness (QED) is 0.860. The van der Waals surface area contributed by atoms with Crippen molar-refractivity contribution in [1.82, 2.24) is 14.7 Å². The number of aryl methyl sites for hydroxylation is 1. The fourth-order valence-electron chi connectivity index (χ4n) is 2.92. The average Bonchev–Trinajstić information content (AvgIpc) is 2.62. The Kier molecular flexibility index (Phi) is 5.83. The van der Waals surface area contributed by atoms with Gasteiger partial charge in [0.1, 0.15) is 5.69 Å². The number of nitrogens with zero attached hydrogens (tertiary/aromatic N) is 4. The molecule has 3 rings (SSSR count). The summed E-state index contributed by atoms with van der Waals surface area (Å²) in [6.07, 6.45) is 1.48. The summed E-state index contributed by atoms with van der Waals surface area (Å²) in [6, 6.07) is 7.96. The lowest BCUT2D eigenvalue weighted by atomic mass is 10.2. The second-order valence-electron chi connectivity index (χ2n) is 6.03. The van der Waals surface area contributed by atoms with Crippen LogP contribution in [0.4, 0.5) is 11.4 Å². The Morgan fingerprint density at radius 2 is 1.96 bits per heavy atom. The van der Waals surface area contributed by atoms with Crippen molar-refractivity contribution < 1.29 is 0 Å². The maximum Gasteiger partial charge on any atom is 0.291 e. The van der Waals surface area contributed by atoms with Crippen molar-refractivity contribution in [2.24, 2.45) is 7.05 Å². The fourth-order valence-corrected chi connectivity index (χ4v) is 3.30. The summed E-state index contributed by atoms with van der Waals surface area (Å²) in [5.41, 5.74) is 1.37. The van der Waals surface area contributed by atoms with Crippen LogP contribution in [0.5, 0.6) is 0 Å². The van der Waals surface area contributed by atoms with Gasteiger partial charge in [0, 0.05) is 57.0 Å². The van der Waals surface area contributed by atoms with E-state index in [1.54, 1.807) is 7.05 Å². The van der Waals surface area contributed by atoms with Crippen LogP contribution in [0.15, 0.2) is 35.3 Å². The number of halogens is 2. The standard InChI is InChI=1S/C17H21Cl2N5O/c1-22-17(25)16(15(19)12-21-22)20-5-6-23-7-9-24(10-8-23)14-4-2-3-13(18)11-14/h2-4,11-12,20H,5-10H2,1H3. The first-order valence-electron chi connectivity index (χ1n) is 8.23. The number of hydrogen-bond donors (Lipinski definition) is 1. The van der Waals surface area contributed by atoms with E-state index in [1.165, 1.54) is 10.9 Å². The molecule has 1 aliphatic heterocycles. The predicted molar refractivity (Wildman–Crippen MR) is 103 cm³/mol. The molecular weight excluding hydrogens is 361 g/mol. The number of rotatable bonds is 5. The van der Waals surface area contributed by atoms with Gasteiger partial charge < -0.3 is 10.2 Å². The van der Waals surface area contributed by atoms with Crippen LogP contribution >= 0.6 is 23.2 Å². The molecular formula is C17H21Cl2N5O. The molecule has 0 saturated carbocycles. The summed E-state index contributed by atoms with van der Waals surface area (Å²) in [7, 11) is 1.61. The van der Waals surface area contributed by atoms with Crippen molar-refractivity contribution >= 4 is 34.6 Å². The van der Waals surface area contributed by atoms with Gasteiger partial charge in [-0.25, -0.2) is 4.68 Å². The molecule has 8 heteroatoms. The molecule has 0 amide bonds. The molecule has 1 aliphatic rings. The summed E-state index contributed by atoms with van der Waals surface area (Å²) < 4.78 is 1.28. The maximum absolute atomic E-state index is 12.0. The van der Waals surface area contributed by atoms with E-state index < -0.39 is 0 Å². The van der Waals surface area contributed by atoms with Crippen molar-refractivity contribution in [2.75, 3.05) is 49.5 Å². The molecule has 0 atom stereocenters. The lowest BCUT2D eigenvalue weighted by Crippen LogP contribution is -2.47. The lowest BCUT2D eigenvalue weighted by Gasteiger charge is -2.36. The Labute approximate surface area is 156 Å². The van der Waals surface area contributed by atoms with E-state index in [1.807, 2.05) is 18.2 Å². The molecule has 1 N–H and O–H groups in total. The number of anilines is 2. The van der Waals surface area contributed by atoms with E-state index >= 15 is 0 Å². The van der Waals surface area contributed by atoms with Gasteiger partial charge in [-0.1, -0.05) is 29.3 Å². The number of hydrogen-bond acceptors (Lipinski definition) is 5. The minimum Gasteiger partial charge on any atom is -0.378 e. The highest BCUT2D eigenvalue weighted by molar-refractivity contribution is 6.33. The van der Waals surface area contributed by atoms with Crippen LogP contribution in [-0.2, 0) is 7.05 Å². The first-order valence-corrected chi connectivity index (χ1v) is 8.99. The Hall–Kier alpha value is -1.76. The molecule has 25 heavy (non-hydrogen) atoms. The molecule has 1 aromatic heterocycles. The lowest BCUT2D eigenvalue weighted by molar-refractivity contribution is 0.267. The molecule has 0 bridgehead atoms. The minimum atomic E-state index is -0.210. The van der Waals surface area contributed by atoms with Gasteiger partial charge in [0.25, 0.3) is 5.56 Å². The Morgan fingerprint density at radius 1 is 1.20 bits per heavy atom. The van der Waals surface area contributed by atoms with Crippen LogP contribution in [0.3, 0.4) is 0 Å². The highest BCUT2D eigenvalue weighted by Crippen LogP contribution is 2.20.